The molecule has 2 heterocycles. The Labute approximate surface area is 199 Å². The molecule has 0 unspecified atom stereocenters. The summed E-state index contributed by atoms with van der Waals surface area (Å²) in [6.07, 6.45) is -4.70. The van der Waals surface area contributed by atoms with Crippen LogP contribution >= 0.6 is 11.6 Å². The van der Waals surface area contributed by atoms with Gasteiger partial charge in [-0.25, -0.2) is 4.79 Å². The second kappa shape index (κ2) is 10.0. The summed E-state index contributed by atoms with van der Waals surface area (Å²) < 4.78 is 42.9. The van der Waals surface area contributed by atoms with Gasteiger partial charge in [-0.3, -0.25) is 4.90 Å². The normalized spacial score (nSPS) is 14.9. The highest BCUT2D eigenvalue weighted by molar-refractivity contribution is 6.30. The van der Waals surface area contributed by atoms with Gasteiger partial charge in [-0.05, 0) is 48.5 Å². The predicted octanol–water partition coefficient (Wildman–Crippen LogP) is 5.17. The Morgan fingerprint density at radius 3 is 2.24 bits per heavy atom. The topological polar surface area (TPSA) is 65.7 Å². The fourth-order valence-electron chi connectivity index (χ4n) is 3.71. The van der Waals surface area contributed by atoms with E-state index in [0.717, 1.165) is 25.2 Å². The number of rotatable bonds is 5. The number of hydrogen-bond acceptors (Lipinski definition) is 5. The lowest BCUT2D eigenvalue weighted by Crippen LogP contribution is -2.52. The minimum absolute atomic E-state index is 0.117. The Morgan fingerprint density at radius 2 is 1.68 bits per heavy atom. The molecule has 0 bridgehead atoms. The molecule has 1 aliphatic rings. The molecule has 0 aliphatic carbocycles. The molecule has 1 aliphatic heterocycles. The zero-order valence-electron chi connectivity index (χ0n) is 18.4. The molecule has 0 atom stereocenters. The maximum Gasteiger partial charge on any atom is 0.470 e. The third-order valence-electron chi connectivity index (χ3n) is 5.67. The van der Waals surface area contributed by atoms with E-state index in [1.807, 2.05) is 4.90 Å². The quantitative estimate of drug-likeness (QED) is 0.490. The fourth-order valence-corrected chi connectivity index (χ4v) is 3.83. The van der Waals surface area contributed by atoms with E-state index < -0.39 is 12.1 Å². The van der Waals surface area contributed by atoms with Crippen molar-refractivity contribution in [3.05, 3.63) is 65.0 Å². The molecule has 34 heavy (non-hydrogen) atoms. The standard InChI is InChI=1S/C23H23ClF3N5O2/c1-2-30-11-13-31(14-12-30)22(33)32(19-9-7-18(24)8-10-19)15-16-3-5-17(6-4-16)20-28-29-21(34-20)23(25,26)27/h3-10H,2,11-15H2,1H3. The number of carbonyl (C=O) groups excluding carboxylic acids is 1. The Hall–Kier alpha value is -3.11. The molecule has 0 spiro atoms. The first-order chi connectivity index (χ1) is 16.2. The molecule has 4 rings (SSSR count). The van der Waals surface area contributed by atoms with Crippen molar-refractivity contribution in [2.24, 2.45) is 0 Å². The van der Waals surface area contributed by atoms with Crippen LogP contribution in [0, 0.1) is 0 Å². The Balaban J connectivity index is 1.53. The highest BCUT2D eigenvalue weighted by Gasteiger charge is 2.38. The summed E-state index contributed by atoms with van der Waals surface area (Å²) in [5.41, 5.74) is 1.84. The van der Waals surface area contributed by atoms with Crippen molar-refractivity contribution < 1.29 is 22.4 Å². The molecule has 3 aromatic rings. The molecule has 2 amide bonds. The highest BCUT2D eigenvalue weighted by Crippen LogP contribution is 2.30. The molecular weight excluding hydrogens is 471 g/mol. The molecular formula is C23H23ClF3N5O2. The van der Waals surface area contributed by atoms with Crippen LogP contribution in [0.1, 0.15) is 18.4 Å². The molecule has 1 saturated heterocycles. The van der Waals surface area contributed by atoms with Crippen LogP contribution in [0.5, 0.6) is 0 Å². The number of nitrogens with zero attached hydrogens (tertiary/aromatic N) is 5. The zero-order chi connectivity index (χ0) is 24.3. The van der Waals surface area contributed by atoms with E-state index >= 15 is 0 Å². The molecule has 1 aromatic heterocycles. The van der Waals surface area contributed by atoms with Gasteiger partial charge in [0.05, 0.1) is 6.54 Å². The van der Waals surface area contributed by atoms with Crippen molar-refractivity contribution >= 4 is 23.3 Å². The van der Waals surface area contributed by atoms with E-state index in [1.165, 1.54) is 0 Å². The molecule has 11 heteroatoms. The van der Waals surface area contributed by atoms with E-state index in [4.69, 9.17) is 16.0 Å². The van der Waals surface area contributed by atoms with Crippen LogP contribution in [0.2, 0.25) is 5.02 Å². The van der Waals surface area contributed by atoms with Crippen LogP contribution < -0.4 is 4.90 Å². The van der Waals surface area contributed by atoms with E-state index in [1.54, 1.807) is 53.4 Å². The number of hydrogen-bond donors (Lipinski definition) is 0. The second-order valence-electron chi connectivity index (χ2n) is 7.87. The van der Waals surface area contributed by atoms with Gasteiger partial charge in [-0.2, -0.15) is 13.2 Å². The number of benzene rings is 2. The average Bonchev–Trinajstić information content (AvgIpc) is 3.34. The van der Waals surface area contributed by atoms with Crippen molar-refractivity contribution in [1.29, 1.82) is 0 Å². The number of likely N-dealkylation sites (N-methyl/N-ethyl adjacent to an activating group) is 1. The Kier molecular flexibility index (Phi) is 7.08. The van der Waals surface area contributed by atoms with Gasteiger partial charge < -0.3 is 14.2 Å². The predicted molar refractivity (Wildman–Crippen MR) is 121 cm³/mol. The van der Waals surface area contributed by atoms with E-state index in [2.05, 4.69) is 22.0 Å². The molecule has 1 fully saturated rings. The van der Waals surface area contributed by atoms with Crippen molar-refractivity contribution in [1.82, 2.24) is 20.0 Å². The molecule has 7 nitrogen and oxygen atoms in total. The Bertz CT molecular complexity index is 1110. The van der Waals surface area contributed by atoms with Gasteiger partial charge in [-0.1, -0.05) is 30.7 Å². The number of alkyl halides is 3. The van der Waals surface area contributed by atoms with Crippen LogP contribution in [0.15, 0.2) is 52.9 Å². The van der Waals surface area contributed by atoms with Gasteiger partial charge in [0.15, 0.2) is 0 Å². The van der Waals surface area contributed by atoms with Crippen LogP contribution in [0.4, 0.5) is 23.7 Å². The highest BCUT2D eigenvalue weighted by atomic mass is 35.5. The molecule has 0 saturated carbocycles. The molecule has 2 aromatic carbocycles. The van der Waals surface area contributed by atoms with Gasteiger partial charge in [0.2, 0.25) is 5.89 Å². The Morgan fingerprint density at radius 1 is 1.03 bits per heavy atom. The second-order valence-corrected chi connectivity index (χ2v) is 8.31. The number of aromatic nitrogens is 2. The van der Waals surface area contributed by atoms with Crippen LogP contribution in [0.25, 0.3) is 11.5 Å². The molecule has 0 N–H and O–H groups in total. The number of amides is 2. The summed E-state index contributed by atoms with van der Waals surface area (Å²) in [7, 11) is 0. The number of piperazine rings is 1. The fraction of sp³-hybridized carbons (Fsp3) is 0.348. The van der Waals surface area contributed by atoms with Crippen LogP contribution in [-0.4, -0.2) is 58.8 Å². The molecule has 180 valence electrons. The van der Waals surface area contributed by atoms with Crippen molar-refractivity contribution in [2.75, 3.05) is 37.6 Å². The number of anilines is 1. The lowest BCUT2D eigenvalue weighted by atomic mass is 10.1. The van der Waals surface area contributed by atoms with Gasteiger partial charge >= 0.3 is 18.1 Å². The first kappa shape index (κ1) is 24.0. The number of urea groups is 1. The lowest BCUT2D eigenvalue weighted by molar-refractivity contribution is -0.156. The van der Waals surface area contributed by atoms with E-state index in [0.29, 0.717) is 29.4 Å². The number of carbonyl (C=O) groups is 1. The van der Waals surface area contributed by atoms with Gasteiger partial charge in [-0.15, -0.1) is 10.2 Å². The SMILES string of the molecule is CCN1CCN(C(=O)N(Cc2ccc(-c3nnc(C(F)(F)F)o3)cc2)c2ccc(Cl)cc2)CC1. The zero-order valence-corrected chi connectivity index (χ0v) is 19.2. The maximum absolute atomic E-state index is 13.4. The van der Waals surface area contributed by atoms with E-state index in [-0.39, 0.29) is 18.5 Å². The summed E-state index contributed by atoms with van der Waals surface area (Å²) in [6, 6.07) is 13.5. The minimum atomic E-state index is -4.70. The summed E-state index contributed by atoms with van der Waals surface area (Å²) >= 11 is 6.03. The first-order valence-electron chi connectivity index (χ1n) is 10.8. The summed E-state index contributed by atoms with van der Waals surface area (Å²) in [5, 5.41) is 7.10. The third kappa shape index (κ3) is 5.51. The minimum Gasteiger partial charge on any atom is -0.413 e. The largest absolute Gasteiger partial charge is 0.470 e. The van der Waals surface area contributed by atoms with Crippen LogP contribution in [-0.2, 0) is 12.7 Å². The van der Waals surface area contributed by atoms with Gasteiger partial charge in [0.25, 0.3) is 0 Å². The molecule has 0 radical (unpaired) electrons. The van der Waals surface area contributed by atoms with Crippen molar-refractivity contribution in [3.63, 3.8) is 0 Å². The number of halogens is 4. The summed E-state index contributed by atoms with van der Waals surface area (Å²) in [6.45, 7) is 6.21. The summed E-state index contributed by atoms with van der Waals surface area (Å²) in [4.78, 5) is 19.2. The van der Waals surface area contributed by atoms with Crippen molar-refractivity contribution in [3.8, 4) is 11.5 Å². The smallest absolute Gasteiger partial charge is 0.413 e. The van der Waals surface area contributed by atoms with Crippen LogP contribution in [0.3, 0.4) is 0 Å². The third-order valence-corrected chi connectivity index (χ3v) is 5.92. The average molecular weight is 494 g/mol. The lowest BCUT2D eigenvalue weighted by Gasteiger charge is -2.37. The van der Waals surface area contributed by atoms with E-state index in [9.17, 15) is 18.0 Å². The van der Waals surface area contributed by atoms with Crippen molar-refractivity contribution in [2.45, 2.75) is 19.6 Å². The first-order valence-corrected chi connectivity index (χ1v) is 11.2. The van der Waals surface area contributed by atoms with Gasteiger partial charge in [0.1, 0.15) is 0 Å². The summed E-state index contributed by atoms with van der Waals surface area (Å²) in [5.74, 6) is -1.62. The maximum atomic E-state index is 13.4. The van der Waals surface area contributed by atoms with Gasteiger partial charge in [0, 0.05) is 42.5 Å². The monoisotopic (exact) mass is 493 g/mol.